The van der Waals surface area contributed by atoms with Crippen LogP contribution in [0.15, 0.2) is 0 Å². The van der Waals surface area contributed by atoms with Gasteiger partial charge in [0.05, 0.1) is 5.54 Å². The van der Waals surface area contributed by atoms with E-state index in [9.17, 15) is 0 Å². The molecule has 9 heavy (non-hydrogen) atoms. The Bertz CT molecular complexity index is 172. The van der Waals surface area contributed by atoms with Crippen LogP contribution < -0.4 is 0 Å². The summed E-state index contributed by atoms with van der Waals surface area (Å²) in [5, 5.41) is 0. The second-order valence-electron chi connectivity index (χ2n) is 3.78. The predicted octanol–water partition coefficient (Wildman–Crippen LogP) is -0.243. The van der Waals surface area contributed by atoms with Crippen LogP contribution in [0.4, 0.5) is 0 Å². The van der Waals surface area contributed by atoms with Gasteiger partial charge in [0, 0.05) is 18.6 Å². The Labute approximate surface area is 55.4 Å². The van der Waals surface area contributed by atoms with Gasteiger partial charge in [-0.25, -0.2) is 0 Å². The van der Waals surface area contributed by atoms with Gasteiger partial charge in [0.2, 0.25) is 0 Å². The zero-order valence-corrected chi connectivity index (χ0v) is 5.96. The first kappa shape index (κ1) is 4.69. The largest absolute Gasteiger partial charge is 0.300 e. The van der Waals surface area contributed by atoms with Crippen molar-refractivity contribution >= 4 is 0 Å². The molecule has 3 rings (SSSR count). The first-order valence-electron chi connectivity index (χ1n) is 3.70. The minimum absolute atomic E-state index is 0.717. The summed E-state index contributed by atoms with van der Waals surface area (Å²) in [6.07, 6.45) is 1.45. The topological polar surface area (TPSA) is 6.25 Å². The molecule has 3 aliphatic rings. The van der Waals surface area contributed by atoms with Crippen molar-refractivity contribution in [1.29, 1.82) is 0 Å². The zero-order chi connectivity index (χ0) is 6.22. The summed E-state index contributed by atoms with van der Waals surface area (Å²) in [5.41, 5.74) is 0.717. The van der Waals surface area contributed by atoms with E-state index in [2.05, 4.69) is 23.9 Å². The van der Waals surface area contributed by atoms with E-state index in [1.165, 1.54) is 13.0 Å². The number of rotatable bonds is 0. The third kappa shape index (κ3) is 0.290. The summed E-state index contributed by atoms with van der Waals surface area (Å²) in [4.78, 5) is 5.04. The number of nitrogens with zero attached hydrogens (tertiary/aromatic N) is 2. The van der Waals surface area contributed by atoms with Crippen molar-refractivity contribution < 1.29 is 0 Å². The highest BCUT2D eigenvalue weighted by Gasteiger charge is 2.80. The maximum absolute atomic E-state index is 2.54. The van der Waals surface area contributed by atoms with E-state index in [1.54, 1.807) is 0 Å². The summed E-state index contributed by atoms with van der Waals surface area (Å²) >= 11 is 0. The highest BCUT2D eigenvalue weighted by Crippen LogP contribution is 2.65. The highest BCUT2D eigenvalue weighted by molar-refractivity contribution is 5.38. The average molecular weight is 124 g/mol. The monoisotopic (exact) mass is 124 g/mol. The highest BCUT2D eigenvalue weighted by atomic mass is 15.5. The molecule has 0 N–H and O–H groups in total. The van der Waals surface area contributed by atoms with Gasteiger partial charge in [0.25, 0.3) is 0 Å². The second kappa shape index (κ2) is 0.956. The van der Waals surface area contributed by atoms with E-state index in [0.717, 1.165) is 17.6 Å². The standard InChI is InChI=1S/C7H12N2/c1-8-4-6-7(9(6)2)3-5(7)8/h5-6H,3-4H2,1-2H3/t5?,6?,7?,9-/m1/s1. The van der Waals surface area contributed by atoms with Crippen LogP contribution in [0.2, 0.25) is 0 Å². The Balaban J connectivity index is 1.97. The molecule has 2 saturated heterocycles. The van der Waals surface area contributed by atoms with Crippen molar-refractivity contribution in [1.82, 2.24) is 9.80 Å². The number of likely N-dealkylation sites (N-methyl/N-ethyl adjacent to an activating group) is 2. The molecule has 1 aliphatic carbocycles. The fraction of sp³-hybridized carbons (Fsp3) is 1.00. The SMILES string of the molecule is CN1CC2[N@@](C)C23CC13. The quantitative estimate of drug-likeness (QED) is 0.411. The molecule has 1 spiro atoms. The van der Waals surface area contributed by atoms with Gasteiger partial charge in [-0.15, -0.1) is 0 Å². The van der Waals surface area contributed by atoms with E-state index >= 15 is 0 Å². The second-order valence-corrected chi connectivity index (χ2v) is 3.78. The number of hydrogen-bond acceptors (Lipinski definition) is 2. The molecular formula is C7H12N2. The van der Waals surface area contributed by atoms with Gasteiger partial charge in [-0.2, -0.15) is 0 Å². The van der Waals surface area contributed by atoms with Crippen molar-refractivity contribution in [3.05, 3.63) is 0 Å². The first-order valence-corrected chi connectivity index (χ1v) is 3.70. The molecule has 2 nitrogen and oxygen atoms in total. The molecule has 0 aromatic rings. The Morgan fingerprint density at radius 1 is 1.33 bits per heavy atom. The number of piperidine rings is 1. The van der Waals surface area contributed by atoms with Gasteiger partial charge in [-0.3, -0.25) is 9.80 Å². The van der Waals surface area contributed by atoms with Crippen molar-refractivity contribution in [3.63, 3.8) is 0 Å². The zero-order valence-electron chi connectivity index (χ0n) is 5.96. The van der Waals surface area contributed by atoms with Crippen molar-refractivity contribution in [2.45, 2.75) is 24.0 Å². The van der Waals surface area contributed by atoms with Gasteiger partial charge in [-0.1, -0.05) is 0 Å². The Kier molecular flexibility index (Phi) is 0.498. The summed E-state index contributed by atoms with van der Waals surface area (Å²) in [6, 6.07) is 1.87. The van der Waals surface area contributed by atoms with Crippen molar-refractivity contribution in [2.24, 2.45) is 0 Å². The van der Waals surface area contributed by atoms with Crippen LogP contribution in [-0.4, -0.2) is 48.1 Å². The lowest BCUT2D eigenvalue weighted by Crippen LogP contribution is -2.25. The van der Waals surface area contributed by atoms with Crippen LogP contribution in [0.25, 0.3) is 0 Å². The number of piperazine rings is 1. The van der Waals surface area contributed by atoms with E-state index < -0.39 is 0 Å². The summed E-state index contributed by atoms with van der Waals surface area (Å²) < 4.78 is 0. The average Bonchev–Trinajstić information content (AvgIpc) is 2.62. The lowest BCUT2D eigenvalue weighted by Gasteiger charge is -2.12. The van der Waals surface area contributed by atoms with Crippen LogP contribution in [0.1, 0.15) is 6.42 Å². The third-order valence-electron chi connectivity index (χ3n) is 3.56. The van der Waals surface area contributed by atoms with Gasteiger partial charge in [-0.05, 0) is 20.5 Å². The van der Waals surface area contributed by atoms with Crippen LogP contribution in [0, 0.1) is 0 Å². The molecule has 2 heteroatoms. The molecule has 0 bridgehead atoms. The molecule has 3 fully saturated rings. The maximum Gasteiger partial charge on any atom is 0.0549 e. The molecule has 0 amide bonds. The van der Waals surface area contributed by atoms with Gasteiger partial charge < -0.3 is 0 Å². The molecule has 0 aromatic heterocycles. The van der Waals surface area contributed by atoms with E-state index in [-0.39, 0.29) is 0 Å². The molecule has 50 valence electrons. The molecule has 0 radical (unpaired) electrons. The lowest BCUT2D eigenvalue weighted by atomic mass is 10.3. The third-order valence-corrected chi connectivity index (χ3v) is 3.56. The fourth-order valence-corrected chi connectivity index (χ4v) is 2.77. The van der Waals surface area contributed by atoms with Crippen LogP contribution in [0.5, 0.6) is 0 Å². The predicted molar refractivity (Wildman–Crippen MR) is 35.3 cm³/mol. The first-order chi connectivity index (χ1) is 4.27. The maximum atomic E-state index is 2.54. The minimum Gasteiger partial charge on any atom is -0.300 e. The fourth-order valence-electron chi connectivity index (χ4n) is 2.77. The normalized spacial score (nSPS) is 69.3. The number of likely N-dealkylation sites (tertiary alicyclic amines) is 1. The minimum atomic E-state index is 0.717. The molecule has 3 unspecified atom stereocenters. The van der Waals surface area contributed by atoms with E-state index in [0.29, 0.717) is 0 Å². The molecule has 4 atom stereocenters. The van der Waals surface area contributed by atoms with Gasteiger partial charge in [0.15, 0.2) is 0 Å². The van der Waals surface area contributed by atoms with E-state index in [1.807, 2.05) is 0 Å². The molecule has 2 heterocycles. The summed E-state index contributed by atoms with van der Waals surface area (Å²) in [5.74, 6) is 0. The molecule has 2 aliphatic heterocycles. The lowest BCUT2D eigenvalue weighted by molar-refractivity contribution is 0.306. The Hall–Kier alpha value is -0.0800. The summed E-state index contributed by atoms with van der Waals surface area (Å²) in [6.45, 7) is 1.32. The summed E-state index contributed by atoms with van der Waals surface area (Å²) in [7, 11) is 4.51. The van der Waals surface area contributed by atoms with Crippen LogP contribution >= 0.6 is 0 Å². The van der Waals surface area contributed by atoms with Gasteiger partial charge in [0.1, 0.15) is 0 Å². The van der Waals surface area contributed by atoms with Crippen molar-refractivity contribution in [2.75, 3.05) is 20.6 Å². The van der Waals surface area contributed by atoms with E-state index in [4.69, 9.17) is 0 Å². The molecule has 1 saturated carbocycles. The number of hydrogen-bond donors (Lipinski definition) is 0. The molecule has 0 aromatic carbocycles. The smallest absolute Gasteiger partial charge is 0.0549 e. The van der Waals surface area contributed by atoms with Crippen LogP contribution in [-0.2, 0) is 0 Å². The van der Waals surface area contributed by atoms with Crippen LogP contribution in [0.3, 0.4) is 0 Å². The Morgan fingerprint density at radius 2 is 2.11 bits per heavy atom. The Morgan fingerprint density at radius 3 is 2.44 bits per heavy atom. The van der Waals surface area contributed by atoms with Crippen molar-refractivity contribution in [3.8, 4) is 0 Å². The van der Waals surface area contributed by atoms with Gasteiger partial charge >= 0.3 is 0 Å². The molecular weight excluding hydrogens is 112 g/mol.